The summed E-state index contributed by atoms with van der Waals surface area (Å²) in [7, 11) is 0. The lowest BCUT2D eigenvalue weighted by atomic mass is 9.98. The molecule has 23 heavy (non-hydrogen) atoms. The topological polar surface area (TPSA) is 29.5 Å². The third kappa shape index (κ3) is 2.38. The van der Waals surface area contributed by atoms with Gasteiger partial charge < -0.3 is 9.64 Å². The van der Waals surface area contributed by atoms with Crippen LogP contribution in [0, 0.1) is 0 Å². The van der Waals surface area contributed by atoms with Gasteiger partial charge in [-0.15, -0.1) is 0 Å². The molecular formula is C19H16BrNO2. The molecule has 0 unspecified atom stereocenters. The number of ether oxygens (including phenoxy) is 1. The number of carbonyl (C=O) groups excluding carboxylic acids is 1. The maximum Gasteiger partial charge on any atom is 0.258 e. The van der Waals surface area contributed by atoms with E-state index in [-0.39, 0.29) is 5.91 Å². The lowest BCUT2D eigenvalue weighted by Gasteiger charge is -2.34. The summed E-state index contributed by atoms with van der Waals surface area (Å²) >= 11 is 3.51. The minimum absolute atomic E-state index is 0.0514. The Balaban J connectivity index is 1.84. The number of rotatable bonds is 1. The molecule has 0 spiro atoms. The van der Waals surface area contributed by atoms with Gasteiger partial charge in [0.25, 0.3) is 5.91 Å². The number of amides is 1. The highest BCUT2D eigenvalue weighted by Crippen LogP contribution is 2.41. The van der Waals surface area contributed by atoms with Crippen molar-refractivity contribution < 1.29 is 9.53 Å². The van der Waals surface area contributed by atoms with E-state index in [2.05, 4.69) is 15.9 Å². The molecule has 0 aliphatic carbocycles. The summed E-state index contributed by atoms with van der Waals surface area (Å²) < 4.78 is 7.01. The maximum atomic E-state index is 12.8. The summed E-state index contributed by atoms with van der Waals surface area (Å²) in [6, 6.07) is 13.7. The highest BCUT2D eigenvalue weighted by Gasteiger charge is 2.35. The number of hydrogen-bond donors (Lipinski definition) is 0. The first-order chi connectivity index (χ1) is 10.9. The second-order valence-corrected chi connectivity index (χ2v) is 7.34. The molecule has 0 bridgehead atoms. The zero-order valence-corrected chi connectivity index (χ0v) is 14.6. The van der Waals surface area contributed by atoms with Crippen molar-refractivity contribution >= 4 is 27.5 Å². The monoisotopic (exact) mass is 369 g/mol. The molecule has 0 aromatic heterocycles. The number of carbonyl (C=O) groups is 1. The van der Waals surface area contributed by atoms with E-state index in [0.29, 0.717) is 6.54 Å². The number of benzene rings is 2. The first-order valence-electron chi connectivity index (χ1n) is 7.56. The molecule has 4 heteroatoms. The van der Waals surface area contributed by atoms with Crippen LogP contribution in [-0.2, 0) is 6.54 Å². The molecule has 0 radical (unpaired) electrons. The van der Waals surface area contributed by atoms with Gasteiger partial charge in [-0.3, -0.25) is 4.79 Å². The number of hydrogen-bond acceptors (Lipinski definition) is 2. The van der Waals surface area contributed by atoms with Gasteiger partial charge in [-0.1, -0.05) is 34.1 Å². The van der Waals surface area contributed by atoms with Gasteiger partial charge in [-0.25, -0.2) is 0 Å². The van der Waals surface area contributed by atoms with Crippen molar-refractivity contribution in [1.82, 2.24) is 4.90 Å². The number of nitrogens with zero attached hydrogens (tertiary/aromatic N) is 1. The van der Waals surface area contributed by atoms with Crippen LogP contribution in [-0.4, -0.2) is 16.4 Å². The first-order valence-corrected chi connectivity index (χ1v) is 8.35. The minimum Gasteiger partial charge on any atom is -0.483 e. The summed E-state index contributed by atoms with van der Waals surface area (Å²) in [5, 5.41) is 0. The number of halogens is 1. The van der Waals surface area contributed by atoms with E-state index >= 15 is 0 Å². The fourth-order valence-electron chi connectivity index (χ4n) is 3.18. The van der Waals surface area contributed by atoms with Crippen molar-refractivity contribution in [2.45, 2.75) is 26.0 Å². The van der Waals surface area contributed by atoms with Gasteiger partial charge in [0.1, 0.15) is 11.4 Å². The zero-order valence-electron chi connectivity index (χ0n) is 13.0. The van der Waals surface area contributed by atoms with E-state index in [1.165, 1.54) is 0 Å². The third-order valence-electron chi connectivity index (χ3n) is 4.19. The molecular weight excluding hydrogens is 354 g/mol. The van der Waals surface area contributed by atoms with Crippen LogP contribution >= 0.6 is 15.9 Å². The van der Waals surface area contributed by atoms with Crippen molar-refractivity contribution in [1.29, 1.82) is 0 Å². The Morgan fingerprint density at radius 2 is 1.91 bits per heavy atom. The Bertz CT molecular complexity index is 854. The summed E-state index contributed by atoms with van der Waals surface area (Å²) in [6.45, 7) is 4.61. The lowest BCUT2D eigenvalue weighted by Crippen LogP contribution is -2.33. The molecule has 3 nitrogen and oxygen atoms in total. The van der Waals surface area contributed by atoms with Gasteiger partial charge in [0.05, 0.1) is 12.2 Å². The molecule has 4 rings (SSSR count). The highest BCUT2D eigenvalue weighted by atomic mass is 79.9. The average Bonchev–Trinajstić information content (AvgIpc) is 2.84. The molecule has 2 aliphatic rings. The fraction of sp³-hybridized carbons (Fsp3) is 0.211. The quantitative estimate of drug-likeness (QED) is 0.733. The van der Waals surface area contributed by atoms with Gasteiger partial charge in [0.15, 0.2) is 0 Å². The predicted octanol–water partition coefficient (Wildman–Crippen LogP) is 4.62. The summed E-state index contributed by atoms with van der Waals surface area (Å²) in [5.74, 6) is 0.856. The van der Waals surface area contributed by atoms with E-state index in [0.717, 1.165) is 32.6 Å². The standard InChI is InChI=1S/C19H16BrNO2/c1-19(2)10-16(15-9-13(20)7-8-17(15)23-19)21-11-12-5-3-4-6-14(12)18(21)22/h3-10H,11H2,1-2H3. The van der Waals surface area contributed by atoms with Gasteiger partial charge in [0.2, 0.25) is 0 Å². The van der Waals surface area contributed by atoms with Crippen molar-refractivity contribution in [3.8, 4) is 5.75 Å². The largest absolute Gasteiger partial charge is 0.483 e. The first kappa shape index (κ1) is 14.5. The molecule has 0 saturated carbocycles. The van der Waals surface area contributed by atoms with E-state index < -0.39 is 5.60 Å². The van der Waals surface area contributed by atoms with Gasteiger partial charge in [-0.05, 0) is 49.8 Å². The van der Waals surface area contributed by atoms with E-state index in [1.54, 1.807) is 0 Å². The Hall–Kier alpha value is -2.07. The van der Waals surface area contributed by atoms with E-state index in [9.17, 15) is 4.79 Å². The molecule has 0 atom stereocenters. The van der Waals surface area contributed by atoms with Crippen molar-refractivity contribution in [2.75, 3.05) is 0 Å². The highest BCUT2D eigenvalue weighted by molar-refractivity contribution is 9.10. The van der Waals surface area contributed by atoms with E-state index in [1.807, 2.05) is 67.3 Å². The van der Waals surface area contributed by atoms with Gasteiger partial charge in [0, 0.05) is 15.6 Å². The Labute approximate surface area is 143 Å². The molecule has 2 aromatic carbocycles. The lowest BCUT2D eigenvalue weighted by molar-refractivity contribution is 0.0848. The molecule has 0 fully saturated rings. The Morgan fingerprint density at radius 3 is 2.70 bits per heavy atom. The molecule has 2 aromatic rings. The molecule has 1 amide bonds. The molecule has 0 saturated heterocycles. The minimum atomic E-state index is -0.453. The third-order valence-corrected chi connectivity index (χ3v) is 4.68. The van der Waals surface area contributed by atoms with E-state index in [4.69, 9.17) is 4.74 Å². The van der Waals surface area contributed by atoms with Crippen LogP contribution in [0.4, 0.5) is 0 Å². The number of fused-ring (bicyclic) bond motifs is 2. The summed E-state index contributed by atoms with van der Waals surface area (Å²) in [6.07, 6.45) is 2.03. The predicted molar refractivity (Wildman–Crippen MR) is 93.1 cm³/mol. The SMILES string of the molecule is CC1(C)C=C(N2Cc3ccccc3C2=O)c2cc(Br)ccc2O1. The van der Waals surface area contributed by atoms with Crippen molar-refractivity contribution in [3.05, 3.63) is 69.7 Å². The van der Waals surface area contributed by atoms with Crippen LogP contribution in [0.25, 0.3) is 5.70 Å². The van der Waals surface area contributed by atoms with Gasteiger partial charge >= 0.3 is 0 Å². The van der Waals surface area contributed by atoms with Crippen LogP contribution < -0.4 is 4.74 Å². The normalized spacial score (nSPS) is 18.1. The van der Waals surface area contributed by atoms with Crippen LogP contribution in [0.5, 0.6) is 5.75 Å². The second kappa shape index (κ2) is 4.96. The molecule has 116 valence electrons. The molecule has 0 N–H and O–H groups in total. The zero-order chi connectivity index (χ0) is 16.2. The smallest absolute Gasteiger partial charge is 0.258 e. The van der Waals surface area contributed by atoms with Crippen LogP contribution in [0.3, 0.4) is 0 Å². The van der Waals surface area contributed by atoms with Crippen LogP contribution in [0.15, 0.2) is 53.0 Å². The fourth-order valence-corrected chi connectivity index (χ4v) is 3.54. The van der Waals surface area contributed by atoms with Gasteiger partial charge in [-0.2, -0.15) is 0 Å². The Kier molecular flexibility index (Phi) is 3.13. The second-order valence-electron chi connectivity index (χ2n) is 6.42. The molecule has 2 aliphatic heterocycles. The average molecular weight is 370 g/mol. The van der Waals surface area contributed by atoms with Crippen molar-refractivity contribution in [2.24, 2.45) is 0 Å². The summed E-state index contributed by atoms with van der Waals surface area (Å²) in [4.78, 5) is 14.7. The van der Waals surface area contributed by atoms with Crippen LogP contribution in [0.1, 0.15) is 35.3 Å². The van der Waals surface area contributed by atoms with Crippen molar-refractivity contribution in [3.63, 3.8) is 0 Å². The Morgan fingerprint density at radius 1 is 1.13 bits per heavy atom. The van der Waals surface area contributed by atoms with Crippen LogP contribution in [0.2, 0.25) is 0 Å². The maximum absolute atomic E-state index is 12.8. The summed E-state index contributed by atoms with van der Waals surface area (Å²) in [5.41, 5.74) is 3.26. The molecule has 2 heterocycles.